The van der Waals surface area contributed by atoms with E-state index < -0.39 is 11.9 Å². The lowest BCUT2D eigenvalue weighted by Gasteiger charge is -2.54. The van der Waals surface area contributed by atoms with Gasteiger partial charge in [-0.1, -0.05) is 0 Å². The molecule has 43 heavy (non-hydrogen) atoms. The summed E-state index contributed by atoms with van der Waals surface area (Å²) in [4.78, 5) is 39.4. The summed E-state index contributed by atoms with van der Waals surface area (Å²) in [5.41, 5.74) is 0.370. The van der Waals surface area contributed by atoms with Gasteiger partial charge >= 0.3 is 6.09 Å². The van der Waals surface area contributed by atoms with Crippen LogP contribution >= 0.6 is 0 Å². The highest BCUT2D eigenvalue weighted by Gasteiger charge is 2.46. The molecule has 1 aromatic carbocycles. The zero-order valence-electron chi connectivity index (χ0n) is 25.5. The maximum absolute atomic E-state index is 14.3. The van der Waals surface area contributed by atoms with Crippen LogP contribution in [-0.4, -0.2) is 100 Å². The molecule has 5 rings (SSSR count). The van der Waals surface area contributed by atoms with Gasteiger partial charge in [0.25, 0.3) is 5.91 Å². The molecule has 1 aromatic heterocycles. The number of hydrogen-bond donors (Lipinski definition) is 2. The van der Waals surface area contributed by atoms with E-state index in [1.54, 1.807) is 11.1 Å². The van der Waals surface area contributed by atoms with Crippen LogP contribution in [0.25, 0.3) is 0 Å². The van der Waals surface area contributed by atoms with Crippen LogP contribution in [0.2, 0.25) is 0 Å². The highest BCUT2D eigenvalue weighted by atomic mass is 19.1. The van der Waals surface area contributed by atoms with Crippen molar-refractivity contribution in [2.75, 3.05) is 44.2 Å². The van der Waals surface area contributed by atoms with E-state index in [1.807, 2.05) is 27.7 Å². The first-order valence-electron chi connectivity index (χ1n) is 15.2. The highest BCUT2D eigenvalue weighted by Crippen LogP contribution is 2.45. The molecule has 0 bridgehead atoms. The molecular formula is C31H43FN6O5. The minimum Gasteiger partial charge on any atom is -0.465 e. The number of rotatable bonds is 9. The van der Waals surface area contributed by atoms with Crippen LogP contribution in [0.15, 0.2) is 30.7 Å². The van der Waals surface area contributed by atoms with Crippen LogP contribution in [0.5, 0.6) is 11.5 Å². The summed E-state index contributed by atoms with van der Waals surface area (Å²) >= 11 is 0. The number of likely N-dealkylation sites (tertiary alicyclic amines) is 1. The highest BCUT2D eigenvalue weighted by molar-refractivity contribution is 5.97. The Morgan fingerprint density at radius 3 is 2.51 bits per heavy atom. The number of hydrogen-bond acceptors (Lipinski definition) is 8. The fourth-order valence-electron chi connectivity index (χ4n) is 6.67. The topological polar surface area (TPSA) is 120 Å². The second kappa shape index (κ2) is 13.0. The zero-order chi connectivity index (χ0) is 30.7. The number of piperidine rings is 1. The largest absolute Gasteiger partial charge is 0.465 e. The van der Waals surface area contributed by atoms with Crippen LogP contribution in [0.3, 0.4) is 0 Å². The molecule has 0 saturated carbocycles. The van der Waals surface area contributed by atoms with Crippen molar-refractivity contribution in [3.63, 3.8) is 0 Å². The number of carbonyl (C=O) groups is 2. The molecule has 3 aliphatic heterocycles. The summed E-state index contributed by atoms with van der Waals surface area (Å²) in [5, 5.41) is 11.4. The summed E-state index contributed by atoms with van der Waals surface area (Å²) in [5.74, 6) is 0.574. The van der Waals surface area contributed by atoms with E-state index in [4.69, 9.17) is 14.6 Å². The second-order valence-corrected chi connectivity index (χ2v) is 12.7. The quantitative estimate of drug-likeness (QED) is 0.433. The van der Waals surface area contributed by atoms with Crippen molar-refractivity contribution >= 4 is 17.8 Å². The molecule has 11 nitrogen and oxygen atoms in total. The first kappa shape index (κ1) is 30.9. The predicted molar refractivity (Wildman–Crippen MR) is 159 cm³/mol. The van der Waals surface area contributed by atoms with Gasteiger partial charge in [-0.2, -0.15) is 0 Å². The maximum Gasteiger partial charge on any atom is 0.404 e. The maximum atomic E-state index is 14.3. The summed E-state index contributed by atoms with van der Waals surface area (Å²) in [6.07, 6.45) is 6.01. The fraction of sp³-hybridized carbons (Fsp3) is 0.613. The van der Waals surface area contributed by atoms with E-state index in [1.165, 1.54) is 24.5 Å². The summed E-state index contributed by atoms with van der Waals surface area (Å²) in [7, 11) is 0. The van der Waals surface area contributed by atoms with Gasteiger partial charge in [0.1, 0.15) is 17.9 Å². The molecule has 0 radical (unpaired) electrons. The van der Waals surface area contributed by atoms with Gasteiger partial charge in [0, 0.05) is 37.1 Å². The summed E-state index contributed by atoms with van der Waals surface area (Å²) < 4.78 is 26.5. The van der Waals surface area contributed by atoms with Crippen molar-refractivity contribution in [3.8, 4) is 11.5 Å². The lowest BCUT2D eigenvalue weighted by atomic mass is 9.72. The Morgan fingerprint density at radius 2 is 1.88 bits per heavy atom. The third-order valence-electron chi connectivity index (χ3n) is 8.83. The van der Waals surface area contributed by atoms with Gasteiger partial charge < -0.3 is 34.6 Å². The van der Waals surface area contributed by atoms with Crippen molar-refractivity contribution in [3.05, 3.63) is 42.1 Å². The molecule has 4 heterocycles. The number of ether oxygens (including phenoxy) is 2. The average molecular weight is 599 g/mol. The van der Waals surface area contributed by atoms with Gasteiger partial charge in [-0.25, -0.2) is 19.2 Å². The number of carboxylic acid groups (broad SMARTS) is 1. The second-order valence-electron chi connectivity index (χ2n) is 12.7. The molecule has 1 spiro atoms. The normalized spacial score (nSPS) is 22.0. The number of aromatic nitrogens is 2. The van der Waals surface area contributed by atoms with Gasteiger partial charge in [0.2, 0.25) is 0 Å². The van der Waals surface area contributed by atoms with Crippen molar-refractivity contribution in [2.24, 2.45) is 5.41 Å². The van der Waals surface area contributed by atoms with Crippen molar-refractivity contribution < 1.29 is 28.6 Å². The number of nitrogens with zero attached hydrogens (tertiary/aromatic N) is 5. The Labute approximate surface area is 252 Å². The molecule has 3 saturated heterocycles. The third-order valence-corrected chi connectivity index (χ3v) is 8.83. The van der Waals surface area contributed by atoms with Crippen LogP contribution in [0.4, 0.5) is 15.0 Å². The monoisotopic (exact) mass is 598 g/mol. The average Bonchev–Trinajstić information content (AvgIpc) is 2.94. The van der Waals surface area contributed by atoms with Crippen LogP contribution in [0.1, 0.15) is 63.7 Å². The number of halogens is 1. The zero-order valence-corrected chi connectivity index (χ0v) is 25.5. The van der Waals surface area contributed by atoms with Gasteiger partial charge in [-0.15, -0.1) is 0 Å². The standard InChI is InChI=1S/C31H43FN6O5/c1-20(2)38(21(3)4)29(39)25-13-22(32)5-8-26(25)43-27-14-33-19-34-28(27)37-17-31(18-37)9-11-36(12-10-31)15-24-7-6-23(16-42-24)35-30(40)41/h5,8,13-14,19-21,23-24,35H,6-7,9-12,15-18H2,1-4H3,(H,40,41)/t23-,24+/m1/s1. The number of nitrogens with one attached hydrogen (secondary N) is 1. The molecule has 234 valence electrons. The third kappa shape index (κ3) is 7.18. The number of anilines is 1. The molecule has 3 aliphatic rings. The molecule has 2 N–H and O–H groups in total. The molecule has 2 aromatic rings. The van der Waals surface area contributed by atoms with Crippen molar-refractivity contribution in [2.45, 2.75) is 77.6 Å². The van der Waals surface area contributed by atoms with E-state index in [9.17, 15) is 14.0 Å². The lowest BCUT2D eigenvalue weighted by molar-refractivity contribution is -0.0321. The van der Waals surface area contributed by atoms with Gasteiger partial charge in [-0.3, -0.25) is 4.79 Å². The molecule has 0 aliphatic carbocycles. The Morgan fingerprint density at radius 1 is 1.16 bits per heavy atom. The van der Waals surface area contributed by atoms with E-state index in [0.717, 1.165) is 58.4 Å². The van der Waals surface area contributed by atoms with Crippen LogP contribution in [-0.2, 0) is 4.74 Å². The lowest BCUT2D eigenvalue weighted by Crippen LogP contribution is -2.61. The van der Waals surface area contributed by atoms with Gasteiger partial charge in [0.05, 0.1) is 30.5 Å². The van der Waals surface area contributed by atoms with Crippen LogP contribution in [0, 0.1) is 11.2 Å². The summed E-state index contributed by atoms with van der Waals surface area (Å²) in [6.45, 7) is 12.7. The molecule has 12 heteroatoms. The Hall–Kier alpha value is -3.51. The Bertz CT molecular complexity index is 1280. The minimum atomic E-state index is -1.00. The van der Waals surface area contributed by atoms with E-state index >= 15 is 0 Å². The van der Waals surface area contributed by atoms with E-state index in [0.29, 0.717) is 18.2 Å². The molecule has 0 unspecified atom stereocenters. The van der Waals surface area contributed by atoms with Crippen LogP contribution < -0.4 is 15.0 Å². The SMILES string of the molecule is CC(C)N(C(=O)c1cc(F)ccc1Oc1cncnc1N1CC2(CCN(C[C@@H]3CC[C@@H](NC(=O)O)CO3)CC2)C1)C(C)C. The van der Waals surface area contributed by atoms with Gasteiger partial charge in [0.15, 0.2) is 11.6 Å². The number of benzene rings is 1. The predicted octanol–water partition coefficient (Wildman–Crippen LogP) is 4.38. The van der Waals surface area contributed by atoms with Crippen molar-refractivity contribution in [1.29, 1.82) is 0 Å². The molecular weight excluding hydrogens is 555 g/mol. The first-order chi connectivity index (χ1) is 20.5. The van der Waals surface area contributed by atoms with Gasteiger partial charge in [-0.05, 0) is 84.7 Å². The first-order valence-corrected chi connectivity index (χ1v) is 15.2. The molecule has 2 atom stereocenters. The van der Waals surface area contributed by atoms with E-state index in [2.05, 4.69) is 25.1 Å². The van der Waals surface area contributed by atoms with Crippen molar-refractivity contribution in [1.82, 2.24) is 25.1 Å². The molecule has 3 fully saturated rings. The molecule has 2 amide bonds. The smallest absolute Gasteiger partial charge is 0.404 e. The van der Waals surface area contributed by atoms with E-state index in [-0.39, 0.29) is 46.9 Å². The Kier molecular flexibility index (Phi) is 9.36. The fourth-order valence-corrected chi connectivity index (χ4v) is 6.67. The number of carbonyl (C=O) groups excluding carboxylic acids is 1. The Balaban J connectivity index is 1.19. The summed E-state index contributed by atoms with van der Waals surface area (Å²) in [6, 6.07) is 3.76. The minimum absolute atomic E-state index is 0.0633. The number of amides is 2.